The van der Waals surface area contributed by atoms with Gasteiger partial charge in [0.25, 0.3) is 0 Å². The van der Waals surface area contributed by atoms with Crippen molar-refractivity contribution in [2.24, 2.45) is 17.8 Å². The van der Waals surface area contributed by atoms with E-state index in [0.717, 1.165) is 36.4 Å². The van der Waals surface area contributed by atoms with Gasteiger partial charge in [-0.05, 0) is 62.7 Å². The van der Waals surface area contributed by atoms with Gasteiger partial charge in [-0.1, -0.05) is 13.3 Å². The second-order valence-corrected chi connectivity index (χ2v) is 7.41. The Morgan fingerprint density at radius 3 is 2.26 bits per heavy atom. The van der Waals surface area contributed by atoms with E-state index in [9.17, 15) is 0 Å². The molecule has 1 heterocycles. The smallest absolute Gasteiger partial charge is 0.148 e. The minimum atomic E-state index is 0.407. The molecule has 3 N–H and O–H groups in total. The van der Waals surface area contributed by atoms with Crippen LogP contribution >= 0.6 is 0 Å². The van der Waals surface area contributed by atoms with Gasteiger partial charge < -0.3 is 5.73 Å². The first kappa shape index (κ1) is 11.8. The molecule has 0 radical (unpaired) electrons. The minimum absolute atomic E-state index is 0.407. The van der Waals surface area contributed by atoms with E-state index in [0.29, 0.717) is 5.41 Å². The molecular weight excluding hydrogens is 234 g/mol. The third kappa shape index (κ3) is 1.66. The van der Waals surface area contributed by atoms with Crippen LogP contribution in [-0.4, -0.2) is 10.2 Å². The summed E-state index contributed by atoms with van der Waals surface area (Å²) in [6.07, 6.45) is 10.9. The van der Waals surface area contributed by atoms with Gasteiger partial charge in [0, 0.05) is 16.7 Å². The number of rotatable bonds is 3. The SMILES string of the molecule is CCCc1c(N)n[nH]c1C12CC3CC(CC(C3)C1)C2. The average Bonchev–Trinajstić information content (AvgIpc) is 2.70. The lowest BCUT2D eigenvalue weighted by atomic mass is 9.48. The first-order valence-corrected chi connectivity index (χ1v) is 8.03. The number of nitrogens with two attached hydrogens (primary N) is 1. The fourth-order valence-electron chi connectivity index (χ4n) is 5.74. The van der Waals surface area contributed by atoms with Crippen LogP contribution in [0.4, 0.5) is 5.82 Å². The first-order chi connectivity index (χ1) is 9.20. The summed E-state index contributed by atoms with van der Waals surface area (Å²) in [6.45, 7) is 2.23. The zero-order valence-corrected chi connectivity index (χ0v) is 11.9. The van der Waals surface area contributed by atoms with Crippen molar-refractivity contribution in [3.8, 4) is 0 Å². The van der Waals surface area contributed by atoms with Crippen molar-refractivity contribution in [1.82, 2.24) is 10.2 Å². The maximum absolute atomic E-state index is 6.10. The van der Waals surface area contributed by atoms with Gasteiger partial charge in [-0.2, -0.15) is 5.10 Å². The highest BCUT2D eigenvalue weighted by Crippen LogP contribution is 2.61. The van der Waals surface area contributed by atoms with Gasteiger partial charge in [-0.3, -0.25) is 5.10 Å². The minimum Gasteiger partial charge on any atom is -0.382 e. The average molecular weight is 259 g/mol. The van der Waals surface area contributed by atoms with Gasteiger partial charge >= 0.3 is 0 Å². The van der Waals surface area contributed by atoms with Crippen LogP contribution in [0.5, 0.6) is 0 Å². The summed E-state index contributed by atoms with van der Waals surface area (Å²) in [4.78, 5) is 0. The number of nitrogens with zero attached hydrogens (tertiary/aromatic N) is 1. The van der Waals surface area contributed by atoms with E-state index in [1.165, 1.54) is 49.8 Å². The summed E-state index contributed by atoms with van der Waals surface area (Å²) in [5.74, 6) is 3.69. The molecule has 1 aromatic rings. The van der Waals surface area contributed by atoms with Crippen LogP contribution in [0.2, 0.25) is 0 Å². The Bertz CT molecular complexity index is 453. The maximum Gasteiger partial charge on any atom is 0.148 e. The highest BCUT2D eigenvalue weighted by atomic mass is 15.2. The molecule has 0 aromatic carbocycles. The molecule has 104 valence electrons. The summed E-state index contributed by atoms with van der Waals surface area (Å²) in [6, 6.07) is 0. The van der Waals surface area contributed by atoms with Crippen molar-refractivity contribution in [2.45, 2.75) is 63.7 Å². The highest BCUT2D eigenvalue weighted by molar-refractivity contribution is 5.46. The monoisotopic (exact) mass is 259 g/mol. The Morgan fingerprint density at radius 2 is 1.74 bits per heavy atom. The van der Waals surface area contributed by atoms with Gasteiger partial charge in [0.05, 0.1) is 0 Å². The van der Waals surface area contributed by atoms with Crippen LogP contribution in [0.1, 0.15) is 63.1 Å². The fraction of sp³-hybridized carbons (Fsp3) is 0.812. The van der Waals surface area contributed by atoms with E-state index in [4.69, 9.17) is 5.73 Å². The third-order valence-corrected chi connectivity index (χ3v) is 5.97. The van der Waals surface area contributed by atoms with E-state index >= 15 is 0 Å². The molecule has 4 aliphatic rings. The summed E-state index contributed by atoms with van der Waals surface area (Å²) < 4.78 is 0. The predicted octanol–water partition coefficient (Wildman–Crippen LogP) is 3.41. The van der Waals surface area contributed by atoms with E-state index in [1.54, 1.807) is 0 Å². The molecule has 3 nitrogen and oxygen atoms in total. The van der Waals surface area contributed by atoms with Crippen molar-refractivity contribution >= 4 is 5.82 Å². The first-order valence-electron chi connectivity index (χ1n) is 8.03. The molecule has 4 bridgehead atoms. The lowest BCUT2D eigenvalue weighted by Crippen LogP contribution is -2.49. The zero-order valence-electron chi connectivity index (χ0n) is 11.9. The quantitative estimate of drug-likeness (QED) is 0.874. The van der Waals surface area contributed by atoms with Crippen LogP contribution in [0.3, 0.4) is 0 Å². The van der Waals surface area contributed by atoms with Gasteiger partial charge in [0.1, 0.15) is 5.82 Å². The van der Waals surface area contributed by atoms with Gasteiger partial charge in [-0.15, -0.1) is 0 Å². The van der Waals surface area contributed by atoms with E-state index in [-0.39, 0.29) is 0 Å². The molecule has 0 saturated heterocycles. The molecule has 0 spiro atoms. The Balaban J connectivity index is 1.75. The number of aromatic nitrogens is 2. The topological polar surface area (TPSA) is 54.7 Å². The largest absolute Gasteiger partial charge is 0.382 e. The van der Waals surface area contributed by atoms with Crippen LogP contribution in [-0.2, 0) is 11.8 Å². The molecule has 0 unspecified atom stereocenters. The number of aromatic amines is 1. The van der Waals surface area contributed by atoms with Crippen molar-refractivity contribution in [2.75, 3.05) is 5.73 Å². The molecule has 4 saturated carbocycles. The number of hydrogen-bond acceptors (Lipinski definition) is 2. The van der Waals surface area contributed by atoms with Gasteiger partial charge in [0.2, 0.25) is 0 Å². The molecule has 0 atom stereocenters. The van der Waals surface area contributed by atoms with E-state index in [2.05, 4.69) is 17.1 Å². The third-order valence-electron chi connectivity index (χ3n) is 5.97. The Kier molecular flexibility index (Phi) is 2.49. The van der Waals surface area contributed by atoms with E-state index < -0.39 is 0 Å². The number of nitrogen functional groups attached to an aromatic ring is 1. The molecular formula is C16H25N3. The Labute approximate surface area is 115 Å². The van der Waals surface area contributed by atoms with Crippen LogP contribution in [0, 0.1) is 17.8 Å². The number of anilines is 1. The number of hydrogen-bond donors (Lipinski definition) is 2. The molecule has 4 aliphatic carbocycles. The van der Waals surface area contributed by atoms with Crippen LogP contribution < -0.4 is 5.73 Å². The predicted molar refractivity (Wildman–Crippen MR) is 76.8 cm³/mol. The Morgan fingerprint density at radius 1 is 1.16 bits per heavy atom. The molecule has 5 rings (SSSR count). The molecule has 3 heteroatoms. The lowest BCUT2D eigenvalue weighted by Gasteiger charge is -2.56. The molecule has 0 aliphatic heterocycles. The standard InChI is InChI=1S/C16H25N3/c1-2-3-13-14(18-19-15(13)17)16-7-10-4-11(8-16)6-12(5-10)9-16/h10-12H,2-9H2,1H3,(H3,17,18,19). The highest BCUT2D eigenvalue weighted by Gasteiger charge is 2.53. The summed E-state index contributed by atoms with van der Waals surface area (Å²) in [7, 11) is 0. The van der Waals surface area contributed by atoms with Crippen molar-refractivity contribution in [1.29, 1.82) is 0 Å². The maximum atomic E-state index is 6.10. The summed E-state index contributed by atoms with van der Waals surface area (Å²) in [5.41, 5.74) is 9.27. The van der Waals surface area contributed by atoms with E-state index in [1.807, 2.05) is 0 Å². The normalized spacial score (nSPS) is 39.9. The fourth-order valence-corrected chi connectivity index (χ4v) is 5.74. The van der Waals surface area contributed by atoms with Crippen molar-refractivity contribution in [3.05, 3.63) is 11.3 Å². The second kappa shape index (κ2) is 4.00. The molecule has 1 aromatic heterocycles. The Hall–Kier alpha value is -0.990. The number of nitrogens with one attached hydrogen (secondary N) is 1. The lowest BCUT2D eigenvalue weighted by molar-refractivity contribution is -0.00760. The number of H-pyrrole nitrogens is 1. The second-order valence-electron chi connectivity index (χ2n) is 7.41. The molecule has 4 fully saturated rings. The van der Waals surface area contributed by atoms with Gasteiger partial charge in [-0.25, -0.2) is 0 Å². The zero-order chi connectivity index (χ0) is 13.0. The van der Waals surface area contributed by atoms with Crippen LogP contribution in [0.25, 0.3) is 0 Å². The molecule has 19 heavy (non-hydrogen) atoms. The van der Waals surface area contributed by atoms with Crippen molar-refractivity contribution in [3.63, 3.8) is 0 Å². The van der Waals surface area contributed by atoms with Crippen molar-refractivity contribution < 1.29 is 0 Å². The summed E-state index contributed by atoms with van der Waals surface area (Å²) >= 11 is 0. The summed E-state index contributed by atoms with van der Waals surface area (Å²) in [5, 5.41) is 7.69. The molecule has 0 amide bonds. The van der Waals surface area contributed by atoms with Gasteiger partial charge in [0.15, 0.2) is 0 Å². The van der Waals surface area contributed by atoms with Crippen LogP contribution in [0.15, 0.2) is 0 Å².